The van der Waals surface area contributed by atoms with Crippen LogP contribution in [0.1, 0.15) is 23.0 Å². The topological polar surface area (TPSA) is 68.4 Å². The van der Waals surface area contributed by atoms with Crippen LogP contribution in [-0.2, 0) is 6.61 Å². The largest absolute Gasteiger partial charge is 0.489 e. The molecule has 146 valence electrons. The number of hydrogen-bond donors (Lipinski definition) is 1. The van der Waals surface area contributed by atoms with E-state index in [0.29, 0.717) is 38.2 Å². The van der Waals surface area contributed by atoms with Crippen LogP contribution in [-0.4, -0.2) is 15.2 Å². The fraction of sp³-hybridized carbons (Fsp3) is 0.0909. The molecule has 4 rings (SSSR count). The highest BCUT2D eigenvalue weighted by Gasteiger charge is 2.26. The Bertz CT molecular complexity index is 1100. The Hall–Kier alpha value is -2.86. The first-order chi connectivity index (χ1) is 14.1. The molecule has 4 aromatic rings. The summed E-state index contributed by atoms with van der Waals surface area (Å²) in [7, 11) is 0. The Morgan fingerprint density at radius 3 is 2.59 bits per heavy atom. The molecule has 0 aliphatic heterocycles. The summed E-state index contributed by atoms with van der Waals surface area (Å²) in [4.78, 5) is 4.05. The summed E-state index contributed by atoms with van der Waals surface area (Å²) in [5.74, 6) is 0.957. The molecule has 2 aromatic heterocycles. The second kappa shape index (κ2) is 8.66. The van der Waals surface area contributed by atoms with Crippen molar-refractivity contribution < 1.29 is 14.4 Å². The second-order valence-electron chi connectivity index (χ2n) is 6.29. The zero-order valence-corrected chi connectivity index (χ0v) is 16.6. The highest BCUT2D eigenvalue weighted by molar-refractivity contribution is 6.36. The molecule has 0 fully saturated rings. The van der Waals surface area contributed by atoms with Crippen LogP contribution in [0.5, 0.6) is 5.75 Å². The molecule has 0 aliphatic carbocycles. The maximum Gasteiger partial charge on any atom is 0.177 e. The number of para-hydroxylation sites is 1. The molecule has 1 atom stereocenters. The monoisotopic (exact) mass is 426 g/mol. The third-order valence-electron chi connectivity index (χ3n) is 4.38. The average molecular weight is 427 g/mol. The molecule has 1 N–H and O–H groups in total. The molecule has 1 unspecified atom stereocenters. The predicted octanol–water partition coefficient (Wildman–Crippen LogP) is 5.70. The molecular formula is C22H16Cl2N2O3. The lowest BCUT2D eigenvalue weighted by atomic mass is 10.0. The maximum atomic E-state index is 10.9. The molecule has 29 heavy (non-hydrogen) atoms. The highest BCUT2D eigenvalue weighted by Crippen LogP contribution is 2.36. The third-order valence-corrected chi connectivity index (χ3v) is 4.93. The van der Waals surface area contributed by atoms with Crippen LogP contribution < -0.4 is 4.74 Å². The molecule has 2 heterocycles. The van der Waals surface area contributed by atoms with Gasteiger partial charge in [0.1, 0.15) is 24.2 Å². The van der Waals surface area contributed by atoms with Crippen LogP contribution in [0.25, 0.3) is 11.3 Å². The number of pyridine rings is 1. The lowest BCUT2D eigenvalue weighted by Crippen LogP contribution is -2.05. The van der Waals surface area contributed by atoms with Crippen molar-refractivity contribution in [1.82, 2.24) is 10.1 Å². The van der Waals surface area contributed by atoms with E-state index < -0.39 is 6.10 Å². The zero-order valence-electron chi connectivity index (χ0n) is 15.1. The molecule has 0 saturated carbocycles. The lowest BCUT2D eigenvalue weighted by molar-refractivity contribution is 0.171. The molecule has 2 aromatic carbocycles. The molecule has 0 aliphatic rings. The average Bonchev–Trinajstić information content (AvgIpc) is 3.16. The van der Waals surface area contributed by atoms with Crippen LogP contribution in [0.2, 0.25) is 10.0 Å². The van der Waals surface area contributed by atoms with Gasteiger partial charge in [-0.1, -0.05) is 52.6 Å². The van der Waals surface area contributed by atoms with Crippen LogP contribution in [0, 0.1) is 0 Å². The van der Waals surface area contributed by atoms with E-state index in [-0.39, 0.29) is 12.4 Å². The zero-order chi connectivity index (χ0) is 20.2. The number of aliphatic hydroxyl groups is 1. The van der Waals surface area contributed by atoms with Crippen LogP contribution in [0.4, 0.5) is 0 Å². The van der Waals surface area contributed by atoms with Gasteiger partial charge < -0.3 is 14.4 Å². The fourth-order valence-electron chi connectivity index (χ4n) is 2.93. The van der Waals surface area contributed by atoms with Gasteiger partial charge in [0.25, 0.3) is 0 Å². The summed E-state index contributed by atoms with van der Waals surface area (Å²) in [6.45, 7) is 0.133. The number of benzene rings is 2. The number of aliphatic hydroxyl groups excluding tert-OH is 1. The van der Waals surface area contributed by atoms with Gasteiger partial charge in [0.2, 0.25) is 0 Å². The van der Waals surface area contributed by atoms with Crippen molar-refractivity contribution >= 4 is 23.2 Å². The van der Waals surface area contributed by atoms with E-state index in [2.05, 4.69) is 10.1 Å². The number of nitrogens with zero attached hydrogens (tertiary/aromatic N) is 2. The summed E-state index contributed by atoms with van der Waals surface area (Å²) in [5, 5.41) is 16.0. The van der Waals surface area contributed by atoms with Gasteiger partial charge in [0.05, 0.1) is 10.6 Å². The van der Waals surface area contributed by atoms with Crippen molar-refractivity contribution in [2.45, 2.75) is 12.7 Å². The van der Waals surface area contributed by atoms with Crippen molar-refractivity contribution in [2.75, 3.05) is 0 Å². The maximum absolute atomic E-state index is 10.9. The Morgan fingerprint density at radius 2 is 1.86 bits per heavy atom. The van der Waals surface area contributed by atoms with Gasteiger partial charge in [-0.15, -0.1) is 0 Å². The van der Waals surface area contributed by atoms with E-state index in [1.54, 1.807) is 42.7 Å². The van der Waals surface area contributed by atoms with Crippen molar-refractivity contribution in [3.05, 3.63) is 100.0 Å². The normalized spacial score (nSPS) is 12.0. The first-order valence-corrected chi connectivity index (χ1v) is 9.59. The van der Waals surface area contributed by atoms with E-state index in [1.807, 2.05) is 30.3 Å². The van der Waals surface area contributed by atoms with E-state index >= 15 is 0 Å². The number of rotatable bonds is 6. The first kappa shape index (κ1) is 19.5. The summed E-state index contributed by atoms with van der Waals surface area (Å²) >= 11 is 12.4. The predicted molar refractivity (Wildman–Crippen MR) is 111 cm³/mol. The smallest absolute Gasteiger partial charge is 0.177 e. The number of hydrogen-bond acceptors (Lipinski definition) is 5. The Labute approximate surface area is 177 Å². The van der Waals surface area contributed by atoms with Crippen molar-refractivity contribution in [3.8, 4) is 17.0 Å². The molecular weight excluding hydrogens is 411 g/mol. The van der Waals surface area contributed by atoms with E-state index in [9.17, 15) is 5.11 Å². The molecule has 5 nitrogen and oxygen atoms in total. The Kier molecular flexibility index (Phi) is 5.81. The number of aromatic nitrogens is 2. The molecule has 0 saturated heterocycles. The molecule has 0 radical (unpaired) electrons. The summed E-state index contributed by atoms with van der Waals surface area (Å²) < 4.78 is 11.4. The minimum absolute atomic E-state index is 0.133. The number of ether oxygens (including phenoxy) is 1. The summed E-state index contributed by atoms with van der Waals surface area (Å²) in [6, 6.07) is 18.0. The fourth-order valence-corrected chi connectivity index (χ4v) is 3.43. The third kappa shape index (κ3) is 4.27. The van der Waals surface area contributed by atoms with Gasteiger partial charge >= 0.3 is 0 Å². The van der Waals surface area contributed by atoms with Crippen molar-refractivity contribution in [2.24, 2.45) is 0 Å². The SMILES string of the molecule is OC(c1cccnc1)c1onc(-c2ccc(Cl)cc2Cl)c1COc1ccccc1. The van der Waals surface area contributed by atoms with Gasteiger partial charge in [-0.05, 0) is 36.4 Å². The van der Waals surface area contributed by atoms with E-state index in [0.717, 1.165) is 0 Å². The minimum Gasteiger partial charge on any atom is -0.489 e. The second-order valence-corrected chi connectivity index (χ2v) is 7.13. The minimum atomic E-state index is -1.05. The van der Waals surface area contributed by atoms with E-state index in [1.165, 1.54) is 0 Å². The molecule has 0 amide bonds. The van der Waals surface area contributed by atoms with Gasteiger partial charge in [-0.3, -0.25) is 4.98 Å². The quantitative estimate of drug-likeness (QED) is 0.427. The van der Waals surface area contributed by atoms with Crippen molar-refractivity contribution in [1.29, 1.82) is 0 Å². The Balaban J connectivity index is 1.76. The molecule has 0 spiro atoms. The van der Waals surface area contributed by atoms with Gasteiger partial charge in [0, 0.05) is 28.5 Å². The van der Waals surface area contributed by atoms with Gasteiger partial charge in [0.15, 0.2) is 5.76 Å². The Morgan fingerprint density at radius 1 is 1.03 bits per heavy atom. The van der Waals surface area contributed by atoms with Crippen LogP contribution in [0.15, 0.2) is 77.6 Å². The summed E-state index contributed by atoms with van der Waals surface area (Å²) in [5.41, 5.74) is 2.30. The molecule has 7 heteroatoms. The number of halogens is 2. The standard InChI is InChI=1S/C22H16Cl2N2O3/c23-15-8-9-17(19(24)11-15)20-18(13-28-16-6-2-1-3-7-16)22(29-26-20)21(27)14-5-4-10-25-12-14/h1-12,21,27H,13H2. The lowest BCUT2D eigenvalue weighted by Gasteiger charge is -2.12. The van der Waals surface area contributed by atoms with Crippen LogP contribution >= 0.6 is 23.2 Å². The van der Waals surface area contributed by atoms with Gasteiger partial charge in [-0.2, -0.15) is 0 Å². The van der Waals surface area contributed by atoms with Gasteiger partial charge in [-0.25, -0.2) is 0 Å². The highest BCUT2D eigenvalue weighted by atomic mass is 35.5. The molecule has 0 bridgehead atoms. The van der Waals surface area contributed by atoms with Crippen molar-refractivity contribution in [3.63, 3.8) is 0 Å². The van der Waals surface area contributed by atoms with E-state index in [4.69, 9.17) is 32.5 Å². The summed E-state index contributed by atoms with van der Waals surface area (Å²) in [6.07, 6.45) is 2.16. The van der Waals surface area contributed by atoms with Crippen LogP contribution in [0.3, 0.4) is 0 Å². The first-order valence-electron chi connectivity index (χ1n) is 8.83.